The molecule has 0 bridgehead atoms. The lowest BCUT2D eigenvalue weighted by Gasteiger charge is -2.10. The van der Waals surface area contributed by atoms with Crippen molar-refractivity contribution >= 4 is 17.3 Å². The van der Waals surface area contributed by atoms with Gasteiger partial charge in [0.25, 0.3) is 0 Å². The van der Waals surface area contributed by atoms with Crippen molar-refractivity contribution < 1.29 is 4.52 Å². The summed E-state index contributed by atoms with van der Waals surface area (Å²) >= 11 is 5.99. The molecule has 0 saturated carbocycles. The SMILES string of the molecule is Cc1onc2c1-c1ccccc1C(c1ccc(Cl)cc1)=N[CH]2. The number of hydrogen-bond acceptors (Lipinski definition) is 3. The number of aromatic nitrogens is 1. The monoisotopic (exact) mass is 307 g/mol. The van der Waals surface area contributed by atoms with Crippen LogP contribution >= 0.6 is 11.6 Å². The molecule has 107 valence electrons. The zero-order valence-corrected chi connectivity index (χ0v) is 12.6. The van der Waals surface area contributed by atoms with Crippen LogP contribution < -0.4 is 0 Å². The van der Waals surface area contributed by atoms with Gasteiger partial charge in [0, 0.05) is 16.1 Å². The Labute approximate surface area is 133 Å². The van der Waals surface area contributed by atoms with Crippen molar-refractivity contribution in [3.8, 4) is 11.1 Å². The lowest BCUT2D eigenvalue weighted by Crippen LogP contribution is -2.04. The smallest absolute Gasteiger partial charge is 0.141 e. The predicted molar refractivity (Wildman–Crippen MR) is 87.2 cm³/mol. The minimum Gasteiger partial charge on any atom is -0.361 e. The first-order valence-electron chi connectivity index (χ1n) is 6.97. The van der Waals surface area contributed by atoms with E-state index in [1.54, 1.807) is 6.54 Å². The first-order chi connectivity index (χ1) is 10.7. The Kier molecular flexibility index (Phi) is 3.09. The molecule has 4 heteroatoms. The summed E-state index contributed by atoms with van der Waals surface area (Å²) in [5.74, 6) is 0.797. The topological polar surface area (TPSA) is 38.4 Å². The van der Waals surface area contributed by atoms with E-state index in [9.17, 15) is 0 Å². The van der Waals surface area contributed by atoms with E-state index in [2.05, 4.69) is 22.3 Å². The van der Waals surface area contributed by atoms with Gasteiger partial charge in [-0.2, -0.15) is 0 Å². The van der Waals surface area contributed by atoms with Crippen molar-refractivity contribution in [3.63, 3.8) is 0 Å². The summed E-state index contributed by atoms with van der Waals surface area (Å²) in [6, 6.07) is 15.9. The molecule has 0 fully saturated rings. The Morgan fingerprint density at radius 1 is 0.955 bits per heavy atom. The number of hydrogen-bond donors (Lipinski definition) is 0. The summed E-state index contributed by atoms with van der Waals surface area (Å²) in [7, 11) is 0. The molecule has 0 saturated heterocycles. The highest BCUT2D eigenvalue weighted by Gasteiger charge is 2.23. The van der Waals surface area contributed by atoms with Crippen LogP contribution in [0.25, 0.3) is 11.1 Å². The Bertz CT molecular complexity index is 878. The van der Waals surface area contributed by atoms with Crippen LogP contribution in [0.1, 0.15) is 22.6 Å². The Balaban J connectivity index is 1.96. The maximum atomic E-state index is 5.99. The highest BCUT2D eigenvalue weighted by atomic mass is 35.5. The highest BCUT2D eigenvalue weighted by molar-refractivity contribution is 6.30. The first kappa shape index (κ1) is 13.3. The molecule has 0 aliphatic carbocycles. The second-order valence-corrected chi connectivity index (χ2v) is 5.59. The third kappa shape index (κ3) is 2.06. The molecule has 1 aromatic heterocycles. The van der Waals surface area contributed by atoms with E-state index in [1.807, 2.05) is 43.3 Å². The van der Waals surface area contributed by atoms with Crippen molar-refractivity contribution in [1.29, 1.82) is 0 Å². The normalized spacial score (nSPS) is 13.1. The van der Waals surface area contributed by atoms with Crippen molar-refractivity contribution in [2.75, 3.05) is 0 Å². The molecule has 3 aromatic rings. The summed E-state index contributed by atoms with van der Waals surface area (Å²) in [4.78, 5) is 4.65. The molecule has 1 aliphatic rings. The molecule has 2 aromatic carbocycles. The van der Waals surface area contributed by atoms with Crippen LogP contribution in [0.15, 0.2) is 58.0 Å². The lowest BCUT2D eigenvalue weighted by atomic mass is 9.93. The van der Waals surface area contributed by atoms with Crippen molar-refractivity contribution in [2.24, 2.45) is 4.99 Å². The van der Waals surface area contributed by atoms with E-state index in [4.69, 9.17) is 16.1 Å². The maximum absolute atomic E-state index is 5.99. The maximum Gasteiger partial charge on any atom is 0.141 e. The molecule has 3 nitrogen and oxygen atoms in total. The average Bonchev–Trinajstić information content (AvgIpc) is 2.82. The minimum atomic E-state index is 0.712. The van der Waals surface area contributed by atoms with Crippen LogP contribution in [0.2, 0.25) is 5.02 Å². The van der Waals surface area contributed by atoms with Crippen LogP contribution in [-0.4, -0.2) is 10.9 Å². The number of rotatable bonds is 1. The number of nitrogens with zero attached hydrogens (tertiary/aromatic N) is 2. The highest BCUT2D eigenvalue weighted by Crippen LogP contribution is 2.35. The fourth-order valence-electron chi connectivity index (χ4n) is 2.75. The van der Waals surface area contributed by atoms with Crippen LogP contribution in [-0.2, 0) is 0 Å². The van der Waals surface area contributed by atoms with E-state index in [1.165, 1.54) is 0 Å². The van der Waals surface area contributed by atoms with Gasteiger partial charge < -0.3 is 4.52 Å². The Morgan fingerprint density at radius 2 is 1.68 bits per heavy atom. The fraction of sp³-hybridized carbons (Fsp3) is 0.0556. The molecule has 1 radical (unpaired) electrons. The third-order valence-electron chi connectivity index (χ3n) is 3.77. The van der Waals surface area contributed by atoms with Gasteiger partial charge in [-0.15, -0.1) is 0 Å². The van der Waals surface area contributed by atoms with Gasteiger partial charge in [-0.05, 0) is 24.6 Å². The van der Waals surface area contributed by atoms with E-state index < -0.39 is 0 Å². The van der Waals surface area contributed by atoms with Gasteiger partial charge in [0.15, 0.2) is 0 Å². The van der Waals surface area contributed by atoms with Gasteiger partial charge >= 0.3 is 0 Å². The number of halogens is 1. The van der Waals surface area contributed by atoms with Crippen LogP contribution in [0.4, 0.5) is 0 Å². The summed E-state index contributed by atoms with van der Waals surface area (Å²) in [6.45, 7) is 3.68. The van der Waals surface area contributed by atoms with Gasteiger partial charge in [0.1, 0.15) is 18.0 Å². The molecule has 0 unspecified atom stereocenters. The molecule has 1 aliphatic heterocycles. The van der Waals surface area contributed by atoms with Gasteiger partial charge in [-0.1, -0.05) is 53.2 Å². The second kappa shape index (κ2) is 5.11. The van der Waals surface area contributed by atoms with Crippen LogP contribution in [0.5, 0.6) is 0 Å². The Hall–Kier alpha value is -2.39. The van der Waals surface area contributed by atoms with E-state index in [0.29, 0.717) is 5.02 Å². The van der Waals surface area contributed by atoms with Crippen molar-refractivity contribution in [1.82, 2.24) is 5.16 Å². The molecule has 0 N–H and O–H groups in total. The van der Waals surface area contributed by atoms with Crippen LogP contribution in [0.3, 0.4) is 0 Å². The van der Waals surface area contributed by atoms with E-state index in [-0.39, 0.29) is 0 Å². The average molecular weight is 308 g/mol. The number of aryl methyl sites for hydroxylation is 1. The van der Waals surface area contributed by atoms with Gasteiger partial charge in [-0.25, -0.2) is 0 Å². The van der Waals surface area contributed by atoms with Crippen LogP contribution in [0, 0.1) is 13.5 Å². The summed E-state index contributed by atoms with van der Waals surface area (Å²) in [5, 5.41) is 4.81. The third-order valence-corrected chi connectivity index (χ3v) is 4.03. The number of fused-ring (bicyclic) bond motifs is 3. The van der Waals surface area contributed by atoms with E-state index >= 15 is 0 Å². The first-order valence-corrected chi connectivity index (χ1v) is 7.35. The Morgan fingerprint density at radius 3 is 2.45 bits per heavy atom. The molecule has 0 atom stereocenters. The molecular formula is C18H12ClN2O. The van der Waals surface area contributed by atoms with Gasteiger partial charge in [0.2, 0.25) is 0 Å². The number of benzene rings is 2. The van der Waals surface area contributed by atoms with E-state index in [0.717, 1.165) is 39.4 Å². The molecule has 0 spiro atoms. The molecule has 4 rings (SSSR count). The van der Waals surface area contributed by atoms with Crippen molar-refractivity contribution in [2.45, 2.75) is 6.92 Å². The molecule has 2 heterocycles. The summed E-state index contributed by atoms with van der Waals surface area (Å²) < 4.78 is 5.32. The predicted octanol–water partition coefficient (Wildman–Crippen LogP) is 4.66. The molecule has 22 heavy (non-hydrogen) atoms. The summed E-state index contributed by atoms with van der Waals surface area (Å²) in [6.07, 6.45) is 0. The lowest BCUT2D eigenvalue weighted by molar-refractivity contribution is 0.394. The molecular weight excluding hydrogens is 296 g/mol. The van der Waals surface area contributed by atoms with Crippen molar-refractivity contribution in [3.05, 3.63) is 82.7 Å². The standard InChI is InChI=1S/C18H12ClN2O/c1-11-17-14-4-2-3-5-15(14)18(20-10-16(17)21-22-11)12-6-8-13(19)9-7-12/h2-10H,1H3. The zero-order chi connectivity index (χ0) is 15.1. The minimum absolute atomic E-state index is 0.712. The summed E-state index contributed by atoms with van der Waals surface area (Å²) in [5.41, 5.74) is 5.83. The second-order valence-electron chi connectivity index (χ2n) is 5.16. The quantitative estimate of drug-likeness (QED) is 0.655. The number of aliphatic imine (C=N–C) groups is 1. The fourth-order valence-corrected chi connectivity index (χ4v) is 2.87. The van der Waals surface area contributed by atoms with Gasteiger partial charge in [-0.3, -0.25) is 4.99 Å². The van der Waals surface area contributed by atoms with Gasteiger partial charge in [0.05, 0.1) is 11.3 Å². The largest absolute Gasteiger partial charge is 0.361 e. The molecule has 0 amide bonds. The zero-order valence-electron chi connectivity index (χ0n) is 11.9.